The zero-order chi connectivity index (χ0) is 14.7. The van der Waals surface area contributed by atoms with Gasteiger partial charge in [-0.1, -0.05) is 19.1 Å². The summed E-state index contributed by atoms with van der Waals surface area (Å²) in [6.07, 6.45) is 2.93. The highest BCUT2D eigenvalue weighted by molar-refractivity contribution is 9.10. The van der Waals surface area contributed by atoms with E-state index in [1.54, 1.807) is 0 Å². The number of rotatable bonds is 4. The van der Waals surface area contributed by atoms with Crippen molar-refractivity contribution in [2.24, 2.45) is 0 Å². The molecule has 1 N–H and O–H groups in total. The van der Waals surface area contributed by atoms with E-state index in [-0.39, 0.29) is 11.9 Å². The minimum absolute atomic E-state index is 0.0892. The van der Waals surface area contributed by atoms with Crippen LogP contribution in [0.2, 0.25) is 0 Å². The Morgan fingerprint density at radius 1 is 1.30 bits per heavy atom. The van der Waals surface area contributed by atoms with Crippen LogP contribution in [0.25, 0.3) is 0 Å². The average Bonchev–Trinajstić information content (AvgIpc) is 2.82. The van der Waals surface area contributed by atoms with Crippen molar-refractivity contribution in [1.82, 2.24) is 4.57 Å². The molecule has 106 valence electrons. The maximum absolute atomic E-state index is 12.4. The average molecular weight is 335 g/mol. The van der Waals surface area contributed by atoms with Crippen molar-refractivity contribution >= 4 is 27.5 Å². The molecule has 0 saturated carbocycles. The summed E-state index contributed by atoms with van der Waals surface area (Å²) in [5, 5.41) is 2.94. The largest absolute Gasteiger partial charge is 0.340 e. The number of amides is 1. The van der Waals surface area contributed by atoms with Gasteiger partial charge in [0, 0.05) is 22.4 Å². The van der Waals surface area contributed by atoms with Gasteiger partial charge in [0.2, 0.25) is 0 Å². The van der Waals surface area contributed by atoms with E-state index in [0.717, 1.165) is 16.6 Å². The number of carbonyl (C=O) groups is 1. The minimum Gasteiger partial charge on any atom is -0.340 e. The van der Waals surface area contributed by atoms with E-state index in [0.29, 0.717) is 5.69 Å². The lowest BCUT2D eigenvalue weighted by Crippen LogP contribution is -2.17. The first kappa shape index (κ1) is 14.9. The van der Waals surface area contributed by atoms with Gasteiger partial charge in [0.05, 0.1) is 0 Å². The molecule has 2 rings (SSSR count). The van der Waals surface area contributed by atoms with Crippen molar-refractivity contribution < 1.29 is 4.79 Å². The van der Waals surface area contributed by atoms with Crippen molar-refractivity contribution in [2.45, 2.75) is 33.2 Å². The second-order valence-corrected chi connectivity index (χ2v) is 5.96. The van der Waals surface area contributed by atoms with Crippen LogP contribution in [0.4, 0.5) is 5.69 Å². The summed E-state index contributed by atoms with van der Waals surface area (Å²) in [5.74, 6) is -0.0892. The standard InChI is InChI=1S/C16H19BrN2O/c1-4-12-5-7-14(8-6-12)18-16(20)15-9-13(17)10-19(15)11(2)3/h5-11H,4H2,1-3H3,(H,18,20). The van der Waals surface area contributed by atoms with Crippen molar-refractivity contribution in [3.63, 3.8) is 0 Å². The summed E-state index contributed by atoms with van der Waals surface area (Å²) < 4.78 is 2.87. The van der Waals surface area contributed by atoms with Crippen molar-refractivity contribution in [1.29, 1.82) is 0 Å². The number of benzene rings is 1. The van der Waals surface area contributed by atoms with Gasteiger partial charge in [-0.3, -0.25) is 4.79 Å². The van der Waals surface area contributed by atoms with Crippen LogP contribution in [0.5, 0.6) is 0 Å². The van der Waals surface area contributed by atoms with Gasteiger partial charge in [-0.2, -0.15) is 0 Å². The number of nitrogens with one attached hydrogen (secondary N) is 1. The normalized spacial score (nSPS) is 10.8. The smallest absolute Gasteiger partial charge is 0.272 e. The van der Waals surface area contributed by atoms with Crippen molar-refractivity contribution in [3.8, 4) is 0 Å². The Kier molecular flexibility index (Phi) is 4.65. The molecule has 20 heavy (non-hydrogen) atoms. The summed E-state index contributed by atoms with van der Waals surface area (Å²) in [4.78, 5) is 12.4. The quantitative estimate of drug-likeness (QED) is 0.867. The molecule has 0 saturated heterocycles. The monoisotopic (exact) mass is 334 g/mol. The third-order valence-electron chi connectivity index (χ3n) is 3.22. The van der Waals surface area contributed by atoms with Crippen LogP contribution in [0.3, 0.4) is 0 Å². The highest BCUT2D eigenvalue weighted by Crippen LogP contribution is 2.20. The number of aromatic nitrogens is 1. The fourth-order valence-electron chi connectivity index (χ4n) is 2.07. The molecule has 0 spiro atoms. The molecule has 1 heterocycles. The fourth-order valence-corrected chi connectivity index (χ4v) is 2.51. The molecule has 1 amide bonds. The van der Waals surface area contributed by atoms with Crippen LogP contribution < -0.4 is 5.32 Å². The third-order valence-corrected chi connectivity index (χ3v) is 3.66. The highest BCUT2D eigenvalue weighted by Gasteiger charge is 2.15. The molecule has 0 radical (unpaired) electrons. The van der Waals surface area contributed by atoms with Crippen molar-refractivity contribution in [3.05, 3.63) is 52.3 Å². The molecule has 0 bridgehead atoms. The first-order valence-electron chi connectivity index (χ1n) is 6.79. The lowest BCUT2D eigenvalue weighted by atomic mass is 10.1. The van der Waals surface area contributed by atoms with E-state index in [4.69, 9.17) is 0 Å². The lowest BCUT2D eigenvalue weighted by Gasteiger charge is -2.12. The molecule has 1 aromatic carbocycles. The molecular formula is C16H19BrN2O. The molecule has 1 aromatic heterocycles. The molecule has 0 aliphatic heterocycles. The number of halogens is 1. The van der Waals surface area contributed by atoms with Gasteiger partial charge in [-0.15, -0.1) is 0 Å². The van der Waals surface area contributed by atoms with Gasteiger partial charge in [-0.25, -0.2) is 0 Å². The van der Waals surface area contributed by atoms with Gasteiger partial charge in [0.15, 0.2) is 0 Å². The summed E-state index contributed by atoms with van der Waals surface area (Å²) in [6.45, 7) is 6.22. The Labute approximate surface area is 128 Å². The fraction of sp³-hybridized carbons (Fsp3) is 0.312. The second kappa shape index (κ2) is 6.27. The van der Waals surface area contributed by atoms with Crippen LogP contribution in [-0.4, -0.2) is 10.5 Å². The van der Waals surface area contributed by atoms with Gasteiger partial charge >= 0.3 is 0 Å². The Hall–Kier alpha value is -1.55. The molecule has 0 fully saturated rings. The highest BCUT2D eigenvalue weighted by atomic mass is 79.9. The summed E-state index contributed by atoms with van der Waals surface area (Å²) in [7, 11) is 0. The molecule has 0 atom stereocenters. The van der Waals surface area contributed by atoms with Gasteiger partial charge < -0.3 is 9.88 Å². The molecule has 0 unspecified atom stereocenters. The summed E-state index contributed by atoms with van der Waals surface area (Å²) >= 11 is 3.42. The predicted molar refractivity (Wildman–Crippen MR) is 86.3 cm³/mol. The third kappa shape index (κ3) is 3.31. The van der Waals surface area contributed by atoms with Crippen LogP contribution in [0.15, 0.2) is 41.0 Å². The Morgan fingerprint density at radius 3 is 2.50 bits per heavy atom. The SMILES string of the molecule is CCc1ccc(NC(=O)c2cc(Br)cn2C(C)C)cc1. The van der Waals surface area contributed by atoms with Crippen molar-refractivity contribution in [2.75, 3.05) is 5.32 Å². The van der Waals surface area contributed by atoms with Crippen LogP contribution >= 0.6 is 15.9 Å². The zero-order valence-corrected chi connectivity index (χ0v) is 13.6. The lowest BCUT2D eigenvalue weighted by molar-refractivity contribution is 0.101. The first-order valence-corrected chi connectivity index (χ1v) is 7.58. The summed E-state index contributed by atoms with van der Waals surface area (Å²) in [6, 6.07) is 10.0. The first-order chi connectivity index (χ1) is 9.51. The Bertz CT molecular complexity index is 599. The molecule has 2 aromatic rings. The number of nitrogens with zero attached hydrogens (tertiary/aromatic N) is 1. The van der Waals surface area contributed by atoms with Gasteiger partial charge in [-0.05, 0) is 60.0 Å². The maximum Gasteiger partial charge on any atom is 0.272 e. The molecule has 4 heteroatoms. The summed E-state index contributed by atoms with van der Waals surface area (Å²) in [5.41, 5.74) is 2.74. The molecule has 0 aliphatic rings. The van der Waals surface area contributed by atoms with E-state index in [9.17, 15) is 4.79 Å². The molecular weight excluding hydrogens is 316 g/mol. The van der Waals surface area contributed by atoms with Crippen LogP contribution in [0, 0.1) is 0 Å². The van der Waals surface area contributed by atoms with E-state index in [2.05, 4.69) is 42.0 Å². The van der Waals surface area contributed by atoms with Gasteiger partial charge in [0.25, 0.3) is 5.91 Å². The number of anilines is 1. The predicted octanol–water partition coefficient (Wildman–Crippen LogP) is 4.65. The Balaban J connectivity index is 2.19. The van der Waals surface area contributed by atoms with E-state index >= 15 is 0 Å². The number of aryl methyl sites for hydroxylation is 1. The minimum atomic E-state index is -0.0892. The Morgan fingerprint density at radius 2 is 1.95 bits per heavy atom. The van der Waals surface area contributed by atoms with E-state index in [1.807, 2.05) is 41.1 Å². The van der Waals surface area contributed by atoms with Crippen LogP contribution in [0.1, 0.15) is 42.9 Å². The van der Waals surface area contributed by atoms with Gasteiger partial charge in [0.1, 0.15) is 5.69 Å². The second-order valence-electron chi connectivity index (χ2n) is 5.05. The van der Waals surface area contributed by atoms with E-state index in [1.165, 1.54) is 5.56 Å². The van der Waals surface area contributed by atoms with E-state index < -0.39 is 0 Å². The number of hydrogen-bond donors (Lipinski definition) is 1. The van der Waals surface area contributed by atoms with Crippen LogP contribution in [-0.2, 0) is 6.42 Å². The molecule has 3 nitrogen and oxygen atoms in total. The maximum atomic E-state index is 12.4. The topological polar surface area (TPSA) is 34.0 Å². The number of hydrogen-bond acceptors (Lipinski definition) is 1. The molecule has 0 aliphatic carbocycles. The zero-order valence-electron chi connectivity index (χ0n) is 12.0. The number of carbonyl (C=O) groups excluding carboxylic acids is 1.